The van der Waals surface area contributed by atoms with Crippen LogP contribution in [0, 0.1) is 10.1 Å². The van der Waals surface area contributed by atoms with Crippen molar-refractivity contribution in [3.05, 3.63) is 101 Å². The Morgan fingerprint density at radius 1 is 0.903 bits per heavy atom. The summed E-state index contributed by atoms with van der Waals surface area (Å²) in [5, 5.41) is 18.3. The molecule has 0 fully saturated rings. The predicted molar refractivity (Wildman–Crippen MR) is 109 cm³/mol. The number of nitrogens with zero attached hydrogens (tertiary/aromatic N) is 3. The number of rotatable bonds is 4. The minimum absolute atomic E-state index is 0.0337. The van der Waals surface area contributed by atoms with Crippen molar-refractivity contribution in [1.82, 2.24) is 5.43 Å². The van der Waals surface area contributed by atoms with E-state index in [2.05, 4.69) is 5.43 Å². The maximum atomic E-state index is 11.1. The van der Waals surface area contributed by atoms with Gasteiger partial charge in [0.1, 0.15) is 5.69 Å². The highest BCUT2D eigenvalue weighted by Crippen LogP contribution is 2.17. The van der Waals surface area contributed by atoms with E-state index in [1.54, 1.807) is 6.07 Å². The first kappa shape index (κ1) is 21.8. The molecule has 7 nitrogen and oxygen atoms in total. The highest BCUT2D eigenvalue weighted by atomic mass is 19.5. The number of hydrogen-bond acceptors (Lipinski definition) is 5. The Bertz CT molecular complexity index is 1060. The van der Waals surface area contributed by atoms with Gasteiger partial charge in [0.2, 0.25) is 5.84 Å². The van der Waals surface area contributed by atoms with Gasteiger partial charge in [0.05, 0.1) is 11.0 Å². The normalized spacial score (nSPS) is 15.4. The number of hydrazine groups is 1. The fourth-order valence-corrected chi connectivity index (χ4v) is 2.78. The van der Waals surface area contributed by atoms with Crippen LogP contribution in [0.2, 0.25) is 0 Å². The quantitative estimate of drug-likeness (QED) is 0.285. The number of hydrogen-bond donors (Lipinski definition) is 2. The number of quaternary nitrogens is 1. The van der Waals surface area contributed by atoms with Gasteiger partial charge in [-0.2, -0.15) is 0 Å². The van der Waals surface area contributed by atoms with Crippen LogP contribution in [0.4, 0.5) is 34.3 Å². The van der Waals surface area contributed by atoms with Crippen LogP contribution in [0.25, 0.3) is 0 Å². The van der Waals surface area contributed by atoms with Gasteiger partial charge < -0.3 is 17.3 Å². The van der Waals surface area contributed by atoms with Crippen LogP contribution >= 0.6 is 0 Å². The van der Waals surface area contributed by atoms with E-state index in [0.717, 1.165) is 11.3 Å². The summed E-state index contributed by atoms with van der Waals surface area (Å²) in [6.45, 7) is 0. The van der Waals surface area contributed by atoms with Crippen molar-refractivity contribution in [2.75, 3.05) is 5.12 Å². The zero-order chi connectivity index (χ0) is 22.4. The maximum Gasteiger partial charge on any atom is 0.673 e. The molecule has 0 saturated carbocycles. The van der Waals surface area contributed by atoms with E-state index in [4.69, 9.17) is 5.10 Å². The minimum atomic E-state index is -6.00. The van der Waals surface area contributed by atoms with E-state index in [-0.39, 0.29) is 5.69 Å². The molecule has 31 heavy (non-hydrogen) atoms. The molecule has 0 radical (unpaired) electrons. The Morgan fingerprint density at radius 2 is 1.48 bits per heavy atom. The van der Waals surface area contributed by atoms with Gasteiger partial charge in [0, 0.05) is 17.7 Å². The van der Waals surface area contributed by atoms with Gasteiger partial charge in [-0.15, -0.1) is 0 Å². The summed E-state index contributed by atoms with van der Waals surface area (Å²) in [5.74, 6) is 0.691. The highest BCUT2D eigenvalue weighted by molar-refractivity contribution is 6.50. The summed E-state index contributed by atoms with van der Waals surface area (Å²) in [6, 6.07) is 26.0. The van der Waals surface area contributed by atoms with E-state index in [9.17, 15) is 27.4 Å². The lowest BCUT2D eigenvalue weighted by atomic mass is 10.2. The van der Waals surface area contributed by atoms with E-state index in [0.29, 0.717) is 16.6 Å². The average molecular weight is 433 g/mol. The Labute approximate surface area is 174 Å². The smallest absolute Gasteiger partial charge is 0.418 e. The molecule has 3 aromatic carbocycles. The maximum absolute atomic E-state index is 11.1. The molecule has 1 heterocycles. The summed E-state index contributed by atoms with van der Waals surface area (Å²) in [5.41, 5.74) is 5.83. The highest BCUT2D eigenvalue weighted by Gasteiger charge is 2.33. The van der Waals surface area contributed by atoms with Gasteiger partial charge in [-0.3, -0.25) is 10.1 Å². The van der Waals surface area contributed by atoms with E-state index < -0.39 is 12.2 Å². The van der Waals surface area contributed by atoms with Gasteiger partial charge >= 0.3 is 7.25 Å². The molecule has 1 aliphatic rings. The molecule has 0 amide bonds. The molecule has 1 unspecified atom stereocenters. The molecule has 4 rings (SSSR count). The first-order valence-electron chi connectivity index (χ1n) is 8.97. The molecule has 0 aromatic heterocycles. The van der Waals surface area contributed by atoms with Crippen LogP contribution in [0.3, 0.4) is 0 Å². The van der Waals surface area contributed by atoms with Crippen molar-refractivity contribution in [1.29, 1.82) is 0 Å². The fourth-order valence-electron chi connectivity index (χ4n) is 2.78. The second-order valence-corrected chi connectivity index (χ2v) is 6.24. The molecule has 3 aromatic rings. The van der Waals surface area contributed by atoms with Crippen LogP contribution in [0.5, 0.6) is 0 Å². The summed E-state index contributed by atoms with van der Waals surface area (Å²) in [4.78, 5) is 10.7. The van der Waals surface area contributed by atoms with Gasteiger partial charge in [-0.05, 0) is 23.3 Å². The van der Waals surface area contributed by atoms with Crippen LogP contribution in [-0.4, -0.2) is 18.0 Å². The van der Waals surface area contributed by atoms with Gasteiger partial charge in [-0.1, -0.05) is 58.8 Å². The zero-order valence-corrected chi connectivity index (χ0v) is 15.8. The Hall–Kier alpha value is -3.93. The lowest BCUT2D eigenvalue weighted by Gasteiger charge is -2.21. The number of benzene rings is 3. The lowest BCUT2D eigenvalue weighted by Crippen LogP contribution is -3.10. The molecular weight excluding hydrogens is 417 g/mol. The topological polar surface area (TPSA) is 75.2 Å². The fraction of sp³-hybridized carbons (Fsp3) is 0. The van der Waals surface area contributed by atoms with Crippen LogP contribution in [-0.2, 0) is 0 Å². The van der Waals surface area contributed by atoms with Crippen molar-refractivity contribution < 1.29 is 27.3 Å². The largest absolute Gasteiger partial charge is 0.673 e. The molecule has 0 spiro atoms. The number of amidine groups is 1. The van der Waals surface area contributed by atoms with Crippen LogP contribution < -0.4 is 15.7 Å². The number of nitrogens with one attached hydrogen (secondary N) is 2. The number of anilines is 1. The molecule has 160 valence electrons. The van der Waals surface area contributed by atoms with Gasteiger partial charge in [-0.25, -0.2) is 5.43 Å². The van der Waals surface area contributed by atoms with Gasteiger partial charge in [0.25, 0.3) is 5.69 Å². The van der Waals surface area contributed by atoms with Crippen molar-refractivity contribution in [3.63, 3.8) is 0 Å². The van der Waals surface area contributed by atoms with Crippen LogP contribution in [0.1, 0.15) is 5.56 Å². The SMILES string of the molecule is F[B-](F)(F)F.O=[N+]([O-])c1cccc([NH+]2N=C(c3ccccc3)NN2c2ccccc2)c1. The number of nitro groups is 1. The summed E-state index contributed by atoms with van der Waals surface area (Å²) in [6.07, 6.45) is 0. The monoisotopic (exact) mass is 433 g/mol. The number of nitro benzene ring substituents is 1. The first-order valence-corrected chi connectivity index (χ1v) is 8.97. The van der Waals surface area contributed by atoms with Gasteiger partial charge in [0.15, 0.2) is 5.69 Å². The molecule has 12 heteroatoms. The molecule has 0 aliphatic carbocycles. The summed E-state index contributed by atoms with van der Waals surface area (Å²) >= 11 is 0. The van der Waals surface area contributed by atoms with Crippen molar-refractivity contribution in [2.45, 2.75) is 0 Å². The molecule has 1 atom stereocenters. The van der Waals surface area contributed by atoms with E-state index in [1.807, 2.05) is 71.8 Å². The second-order valence-electron chi connectivity index (χ2n) is 6.24. The van der Waals surface area contributed by atoms with E-state index >= 15 is 0 Å². The third kappa shape index (κ3) is 6.03. The average Bonchev–Trinajstić information content (AvgIpc) is 3.19. The molecule has 1 aliphatic heterocycles. The third-order valence-corrected chi connectivity index (χ3v) is 4.02. The number of halogens is 4. The Morgan fingerprint density at radius 3 is 2.06 bits per heavy atom. The third-order valence-electron chi connectivity index (χ3n) is 4.02. The second kappa shape index (κ2) is 9.26. The van der Waals surface area contributed by atoms with E-state index in [1.165, 1.54) is 12.1 Å². The van der Waals surface area contributed by atoms with Crippen molar-refractivity contribution >= 4 is 30.2 Å². The van der Waals surface area contributed by atoms with Crippen molar-refractivity contribution in [2.24, 2.45) is 5.10 Å². The standard InChI is InChI=1S/C19H15N5O2.BF4/c25-24(26)18-13-7-12-17(14-18)23-21-19(15-8-3-1-4-9-15)20-22(23)16-10-5-2-6-11-16;2-1(3,4)5/h1-14H,(H,20,21);/q;-1/p+1. The Kier molecular flexibility index (Phi) is 6.51. The number of para-hydroxylation sites is 1. The first-order chi connectivity index (χ1) is 14.7. The molecule has 0 saturated heterocycles. The molecule has 2 N–H and O–H groups in total. The predicted octanol–water partition coefficient (Wildman–Crippen LogP) is 3.71. The number of non-ortho nitro benzene ring substituents is 1. The molecular formula is C19H16BF4N5O2. The van der Waals surface area contributed by atoms with Crippen molar-refractivity contribution in [3.8, 4) is 0 Å². The Balaban J connectivity index is 0.000000491. The minimum Gasteiger partial charge on any atom is -0.418 e. The zero-order valence-electron chi connectivity index (χ0n) is 15.8. The lowest BCUT2D eigenvalue weighted by molar-refractivity contribution is -0.846. The molecule has 0 bridgehead atoms. The van der Waals surface area contributed by atoms with Crippen LogP contribution in [0.15, 0.2) is 90.0 Å². The summed E-state index contributed by atoms with van der Waals surface area (Å²) < 4.78 is 39.0. The summed E-state index contributed by atoms with van der Waals surface area (Å²) in [7, 11) is -6.00.